The summed E-state index contributed by atoms with van der Waals surface area (Å²) in [7, 11) is 0. The monoisotopic (exact) mass is 256 g/mol. The lowest BCUT2D eigenvalue weighted by molar-refractivity contribution is -0.117. The molecule has 0 saturated heterocycles. The summed E-state index contributed by atoms with van der Waals surface area (Å²) < 4.78 is 1.03. The third-order valence-corrected chi connectivity index (χ3v) is 2.42. The first-order valence-corrected chi connectivity index (χ1v) is 5.16. The van der Waals surface area contributed by atoms with Gasteiger partial charge in [-0.05, 0) is 24.6 Å². The highest BCUT2D eigenvalue weighted by atomic mass is 79.9. The van der Waals surface area contributed by atoms with E-state index in [4.69, 9.17) is 5.73 Å². The van der Waals surface area contributed by atoms with Crippen molar-refractivity contribution >= 4 is 21.8 Å². The predicted octanol–water partition coefficient (Wildman–Crippen LogP) is 1.58. The number of hydrogen-bond donors (Lipinski definition) is 2. The number of primary amides is 1. The van der Waals surface area contributed by atoms with Crippen LogP contribution in [0.2, 0.25) is 0 Å². The molecule has 0 fully saturated rings. The van der Waals surface area contributed by atoms with E-state index in [9.17, 15) is 4.79 Å². The Kier molecular flexibility index (Phi) is 4.10. The van der Waals surface area contributed by atoms with E-state index >= 15 is 0 Å². The summed E-state index contributed by atoms with van der Waals surface area (Å²) in [4.78, 5) is 10.6. The van der Waals surface area contributed by atoms with E-state index in [0.717, 1.165) is 10.0 Å². The molecule has 3 N–H and O–H groups in total. The molecule has 0 aromatic heterocycles. The molecule has 0 radical (unpaired) electrons. The van der Waals surface area contributed by atoms with Gasteiger partial charge in [0.1, 0.15) is 0 Å². The van der Waals surface area contributed by atoms with Gasteiger partial charge in [0.25, 0.3) is 0 Å². The van der Waals surface area contributed by atoms with Gasteiger partial charge in [0, 0.05) is 10.5 Å². The molecule has 3 nitrogen and oxygen atoms in total. The van der Waals surface area contributed by atoms with Crippen molar-refractivity contribution in [3.8, 4) is 0 Å². The molecule has 4 heteroatoms. The summed E-state index contributed by atoms with van der Waals surface area (Å²) in [6.45, 7) is 2.19. The standard InChI is InChI=1S/C10H13BrN2O/c1-7(13-6-10(12)14)8-3-2-4-9(11)5-8/h2-5,7,13H,6H2,1H3,(H2,12,14)/t7-/m1/s1. The average molecular weight is 257 g/mol. The van der Waals surface area contributed by atoms with Crippen molar-refractivity contribution in [1.29, 1.82) is 0 Å². The first-order valence-electron chi connectivity index (χ1n) is 4.36. The number of hydrogen-bond acceptors (Lipinski definition) is 2. The van der Waals surface area contributed by atoms with Crippen LogP contribution in [0.3, 0.4) is 0 Å². The molecule has 1 aromatic rings. The quantitative estimate of drug-likeness (QED) is 0.860. The maximum atomic E-state index is 10.6. The molecule has 1 aromatic carbocycles. The van der Waals surface area contributed by atoms with E-state index in [1.165, 1.54) is 0 Å². The Morgan fingerprint density at radius 1 is 1.64 bits per heavy atom. The Morgan fingerprint density at radius 3 is 2.93 bits per heavy atom. The largest absolute Gasteiger partial charge is 0.369 e. The number of carbonyl (C=O) groups excluding carboxylic acids is 1. The van der Waals surface area contributed by atoms with Crippen molar-refractivity contribution in [2.75, 3.05) is 6.54 Å². The van der Waals surface area contributed by atoms with Gasteiger partial charge in [0.2, 0.25) is 5.91 Å². The molecule has 0 aliphatic rings. The smallest absolute Gasteiger partial charge is 0.231 e. The van der Waals surface area contributed by atoms with E-state index in [1.54, 1.807) is 0 Å². The summed E-state index contributed by atoms with van der Waals surface area (Å²) in [6.07, 6.45) is 0. The fraction of sp³-hybridized carbons (Fsp3) is 0.300. The van der Waals surface area contributed by atoms with Gasteiger partial charge in [-0.25, -0.2) is 0 Å². The minimum absolute atomic E-state index is 0.125. The first kappa shape index (κ1) is 11.2. The molecule has 0 aliphatic heterocycles. The number of nitrogens with two attached hydrogens (primary N) is 1. The zero-order chi connectivity index (χ0) is 10.6. The lowest BCUT2D eigenvalue weighted by atomic mass is 10.1. The molecule has 1 atom stereocenters. The molecular weight excluding hydrogens is 244 g/mol. The molecule has 0 saturated carbocycles. The van der Waals surface area contributed by atoms with Crippen LogP contribution < -0.4 is 11.1 Å². The first-order chi connectivity index (χ1) is 6.59. The highest BCUT2D eigenvalue weighted by Crippen LogP contribution is 2.17. The molecular formula is C10H13BrN2O. The maximum absolute atomic E-state index is 10.6. The van der Waals surface area contributed by atoms with Crippen LogP contribution in [0.25, 0.3) is 0 Å². The maximum Gasteiger partial charge on any atom is 0.231 e. The van der Waals surface area contributed by atoms with E-state index < -0.39 is 0 Å². The number of nitrogens with one attached hydrogen (secondary N) is 1. The predicted molar refractivity (Wildman–Crippen MR) is 59.8 cm³/mol. The van der Waals surface area contributed by atoms with E-state index in [1.807, 2.05) is 31.2 Å². The number of rotatable bonds is 4. The summed E-state index contributed by atoms with van der Waals surface area (Å²) in [6, 6.07) is 8.06. The van der Waals surface area contributed by atoms with Gasteiger partial charge in [0.15, 0.2) is 0 Å². The average Bonchev–Trinajstić information content (AvgIpc) is 2.14. The van der Waals surface area contributed by atoms with Crippen LogP contribution in [-0.2, 0) is 4.79 Å². The number of benzene rings is 1. The van der Waals surface area contributed by atoms with Gasteiger partial charge in [-0.1, -0.05) is 28.1 Å². The third kappa shape index (κ3) is 3.47. The second-order valence-electron chi connectivity index (χ2n) is 3.12. The van der Waals surface area contributed by atoms with Crippen LogP contribution in [0.5, 0.6) is 0 Å². The Balaban J connectivity index is 2.60. The molecule has 1 amide bonds. The highest BCUT2D eigenvalue weighted by molar-refractivity contribution is 9.10. The molecule has 0 unspecified atom stereocenters. The summed E-state index contributed by atoms with van der Waals surface area (Å²) in [5.74, 6) is -0.341. The van der Waals surface area contributed by atoms with Crippen LogP contribution in [0.15, 0.2) is 28.7 Å². The number of amides is 1. The van der Waals surface area contributed by atoms with Crippen molar-refractivity contribution in [3.63, 3.8) is 0 Å². The molecule has 0 heterocycles. The SMILES string of the molecule is C[C@@H](NCC(N)=O)c1cccc(Br)c1. The van der Waals surface area contributed by atoms with Gasteiger partial charge in [-0.2, -0.15) is 0 Å². The fourth-order valence-electron chi connectivity index (χ4n) is 1.15. The van der Waals surface area contributed by atoms with Crippen LogP contribution in [0.1, 0.15) is 18.5 Å². The van der Waals surface area contributed by atoms with E-state index in [2.05, 4.69) is 21.2 Å². The van der Waals surface area contributed by atoms with Crippen LogP contribution >= 0.6 is 15.9 Å². The van der Waals surface area contributed by atoms with Gasteiger partial charge in [-0.15, -0.1) is 0 Å². The van der Waals surface area contributed by atoms with Gasteiger partial charge in [-0.3, -0.25) is 4.79 Å². The minimum Gasteiger partial charge on any atom is -0.369 e. The van der Waals surface area contributed by atoms with Crippen molar-refractivity contribution in [2.24, 2.45) is 5.73 Å². The Bertz CT molecular complexity index is 328. The van der Waals surface area contributed by atoms with Crippen molar-refractivity contribution in [1.82, 2.24) is 5.32 Å². The molecule has 0 aliphatic carbocycles. The normalized spacial score (nSPS) is 12.4. The number of halogens is 1. The van der Waals surface area contributed by atoms with Crippen molar-refractivity contribution in [3.05, 3.63) is 34.3 Å². The highest BCUT2D eigenvalue weighted by Gasteiger charge is 2.05. The Labute approximate surface area is 91.8 Å². The van der Waals surface area contributed by atoms with Crippen molar-refractivity contribution in [2.45, 2.75) is 13.0 Å². The molecule has 14 heavy (non-hydrogen) atoms. The lowest BCUT2D eigenvalue weighted by Crippen LogP contribution is -2.30. The van der Waals surface area contributed by atoms with E-state index in [0.29, 0.717) is 0 Å². The molecule has 76 valence electrons. The second kappa shape index (κ2) is 5.12. The minimum atomic E-state index is -0.341. The topological polar surface area (TPSA) is 55.1 Å². The summed E-state index contributed by atoms with van der Waals surface area (Å²) in [5.41, 5.74) is 6.16. The molecule has 0 bridgehead atoms. The Hall–Kier alpha value is -0.870. The van der Waals surface area contributed by atoms with Gasteiger partial charge >= 0.3 is 0 Å². The second-order valence-corrected chi connectivity index (χ2v) is 4.04. The van der Waals surface area contributed by atoms with Gasteiger partial charge < -0.3 is 11.1 Å². The summed E-state index contributed by atoms with van der Waals surface area (Å²) in [5, 5.41) is 3.03. The third-order valence-electron chi connectivity index (χ3n) is 1.93. The Morgan fingerprint density at radius 2 is 2.36 bits per heavy atom. The number of carbonyl (C=O) groups is 1. The summed E-state index contributed by atoms with van der Waals surface area (Å²) >= 11 is 3.39. The van der Waals surface area contributed by atoms with Crippen LogP contribution in [-0.4, -0.2) is 12.5 Å². The van der Waals surface area contributed by atoms with E-state index in [-0.39, 0.29) is 18.5 Å². The van der Waals surface area contributed by atoms with Crippen LogP contribution in [0, 0.1) is 0 Å². The zero-order valence-corrected chi connectivity index (χ0v) is 9.54. The molecule has 0 spiro atoms. The fourth-order valence-corrected chi connectivity index (χ4v) is 1.56. The lowest BCUT2D eigenvalue weighted by Gasteiger charge is -2.12. The van der Waals surface area contributed by atoms with Crippen LogP contribution in [0.4, 0.5) is 0 Å². The molecule has 1 rings (SSSR count). The van der Waals surface area contributed by atoms with Crippen molar-refractivity contribution < 1.29 is 4.79 Å². The zero-order valence-electron chi connectivity index (χ0n) is 7.96. The van der Waals surface area contributed by atoms with Gasteiger partial charge in [0.05, 0.1) is 6.54 Å².